The fourth-order valence-corrected chi connectivity index (χ4v) is 4.09. The number of rotatable bonds is 2. The number of nitrogens with one attached hydrogen (secondary N) is 1. The third-order valence-electron chi connectivity index (χ3n) is 5.25. The molecule has 0 aliphatic carbocycles. The summed E-state index contributed by atoms with van der Waals surface area (Å²) in [5, 5.41) is 3.39. The van der Waals surface area contributed by atoms with Crippen LogP contribution in [0.3, 0.4) is 0 Å². The van der Waals surface area contributed by atoms with E-state index in [9.17, 15) is 9.18 Å². The summed E-state index contributed by atoms with van der Waals surface area (Å²) in [6, 6.07) is 13.8. The second-order valence-corrected chi connectivity index (χ2v) is 7.54. The molecular formula is C21H17ClFN5O. The number of amides is 2. The Balaban J connectivity index is 1.52. The summed E-state index contributed by atoms with van der Waals surface area (Å²) in [6.07, 6.45) is 1.93. The van der Waals surface area contributed by atoms with E-state index in [-0.39, 0.29) is 12.1 Å². The van der Waals surface area contributed by atoms with Gasteiger partial charge in [0.05, 0.1) is 23.6 Å². The van der Waals surface area contributed by atoms with Crippen molar-refractivity contribution in [2.24, 2.45) is 0 Å². The van der Waals surface area contributed by atoms with E-state index < -0.39 is 5.82 Å². The Morgan fingerprint density at radius 3 is 2.90 bits per heavy atom. The number of hydrogen-bond acceptors (Lipinski definition) is 4. The van der Waals surface area contributed by atoms with Crippen molar-refractivity contribution in [1.82, 2.24) is 9.97 Å². The number of nitrogens with zero attached hydrogens (tertiary/aromatic N) is 4. The minimum atomic E-state index is -0.453. The van der Waals surface area contributed by atoms with Crippen molar-refractivity contribution in [3.05, 3.63) is 65.6 Å². The van der Waals surface area contributed by atoms with Crippen LogP contribution in [0.15, 0.2) is 54.7 Å². The molecule has 1 saturated heterocycles. The van der Waals surface area contributed by atoms with Gasteiger partial charge >= 0.3 is 6.03 Å². The van der Waals surface area contributed by atoms with Crippen LogP contribution in [0, 0.1) is 5.82 Å². The van der Waals surface area contributed by atoms with Crippen LogP contribution >= 0.6 is 11.6 Å². The Morgan fingerprint density at radius 1 is 1.21 bits per heavy atom. The van der Waals surface area contributed by atoms with Gasteiger partial charge in [0.2, 0.25) is 0 Å². The number of carbonyl (C=O) groups excluding carboxylic acids is 1. The number of hydrogen-bond donors (Lipinski definition) is 1. The molecule has 1 atom stereocenters. The first-order chi connectivity index (χ1) is 14.1. The molecule has 1 fully saturated rings. The molecule has 1 aromatic carbocycles. The van der Waals surface area contributed by atoms with E-state index in [2.05, 4.69) is 15.2 Å². The van der Waals surface area contributed by atoms with E-state index in [4.69, 9.17) is 16.6 Å². The molecule has 0 saturated carbocycles. The predicted molar refractivity (Wildman–Crippen MR) is 111 cm³/mol. The zero-order chi connectivity index (χ0) is 20.0. The molecule has 3 aromatic rings. The fourth-order valence-electron chi connectivity index (χ4n) is 3.90. The lowest BCUT2D eigenvalue weighted by Gasteiger charge is -2.35. The van der Waals surface area contributed by atoms with Gasteiger partial charge in [0.15, 0.2) is 5.82 Å². The number of anilines is 3. The van der Waals surface area contributed by atoms with Crippen LogP contribution in [0.5, 0.6) is 0 Å². The molecule has 2 aliphatic heterocycles. The normalized spacial score (nSPS) is 17.2. The Labute approximate surface area is 171 Å². The zero-order valence-corrected chi connectivity index (χ0v) is 16.1. The van der Waals surface area contributed by atoms with Gasteiger partial charge in [-0.25, -0.2) is 19.2 Å². The molecule has 2 amide bonds. The Morgan fingerprint density at radius 2 is 2.10 bits per heavy atom. The van der Waals surface area contributed by atoms with Gasteiger partial charge in [-0.15, -0.1) is 0 Å². The maximum Gasteiger partial charge on any atom is 0.329 e. The number of pyridine rings is 2. The van der Waals surface area contributed by atoms with Gasteiger partial charge in [-0.05, 0) is 42.8 Å². The topological polar surface area (TPSA) is 61.4 Å². The van der Waals surface area contributed by atoms with Crippen molar-refractivity contribution in [1.29, 1.82) is 0 Å². The van der Waals surface area contributed by atoms with Gasteiger partial charge in [0.25, 0.3) is 0 Å². The summed E-state index contributed by atoms with van der Waals surface area (Å²) in [5.41, 5.74) is 2.55. The van der Waals surface area contributed by atoms with Gasteiger partial charge in [-0.1, -0.05) is 23.7 Å². The van der Waals surface area contributed by atoms with Gasteiger partial charge in [0, 0.05) is 23.7 Å². The molecule has 2 aromatic heterocycles. The average Bonchev–Trinajstić information content (AvgIpc) is 3.14. The van der Waals surface area contributed by atoms with Crippen LogP contribution in [0.25, 0.3) is 11.3 Å². The molecule has 0 unspecified atom stereocenters. The number of urea groups is 1. The molecule has 4 heterocycles. The zero-order valence-electron chi connectivity index (χ0n) is 15.3. The molecule has 29 heavy (non-hydrogen) atoms. The predicted octanol–water partition coefficient (Wildman–Crippen LogP) is 4.57. The molecule has 0 radical (unpaired) electrons. The summed E-state index contributed by atoms with van der Waals surface area (Å²) >= 11 is 6.13. The SMILES string of the molecule is O=C(Nc1ccc(F)cn1)N1c2nc(-c3cccc(Cl)c3)ccc2N2CC[C@@H]1C2. The van der Waals surface area contributed by atoms with E-state index in [1.165, 1.54) is 12.1 Å². The second-order valence-electron chi connectivity index (χ2n) is 7.10. The van der Waals surface area contributed by atoms with E-state index in [1.807, 2.05) is 36.4 Å². The highest BCUT2D eigenvalue weighted by atomic mass is 35.5. The number of fused-ring (bicyclic) bond motifs is 4. The summed E-state index contributed by atoms with van der Waals surface area (Å²) in [7, 11) is 0. The van der Waals surface area contributed by atoms with E-state index in [1.54, 1.807) is 4.90 Å². The fraction of sp³-hybridized carbons (Fsp3) is 0.190. The highest BCUT2D eigenvalue weighted by Gasteiger charge is 2.40. The molecule has 0 spiro atoms. The number of aromatic nitrogens is 2. The maximum absolute atomic E-state index is 13.1. The average molecular weight is 410 g/mol. The lowest BCUT2D eigenvalue weighted by Crippen LogP contribution is -2.48. The Hall–Kier alpha value is -3.19. The van der Waals surface area contributed by atoms with Crippen molar-refractivity contribution >= 4 is 35.0 Å². The van der Waals surface area contributed by atoms with Gasteiger partial charge in [-0.2, -0.15) is 0 Å². The molecule has 2 aliphatic rings. The lowest BCUT2D eigenvalue weighted by atomic mass is 10.1. The number of carbonyl (C=O) groups is 1. The summed E-state index contributed by atoms with van der Waals surface area (Å²) in [4.78, 5) is 25.8. The molecule has 6 nitrogen and oxygen atoms in total. The highest BCUT2D eigenvalue weighted by molar-refractivity contribution is 6.30. The second kappa shape index (κ2) is 7.00. The molecule has 2 bridgehead atoms. The van der Waals surface area contributed by atoms with Crippen LogP contribution in [0.2, 0.25) is 5.02 Å². The minimum absolute atomic E-state index is 0.0186. The molecule has 1 N–H and O–H groups in total. The van der Waals surface area contributed by atoms with Gasteiger partial charge in [-0.3, -0.25) is 10.2 Å². The first-order valence-corrected chi connectivity index (χ1v) is 9.70. The Kier molecular flexibility index (Phi) is 4.32. The van der Waals surface area contributed by atoms with Crippen LogP contribution < -0.4 is 15.1 Å². The molecule has 5 rings (SSSR count). The van der Waals surface area contributed by atoms with Crippen LogP contribution in [-0.4, -0.2) is 35.1 Å². The van der Waals surface area contributed by atoms with Crippen LogP contribution in [0.1, 0.15) is 6.42 Å². The largest absolute Gasteiger partial charge is 0.366 e. The van der Waals surface area contributed by atoms with Crippen molar-refractivity contribution in [3.63, 3.8) is 0 Å². The quantitative estimate of drug-likeness (QED) is 0.673. The third-order valence-corrected chi connectivity index (χ3v) is 5.49. The Bertz CT molecular complexity index is 1090. The minimum Gasteiger partial charge on any atom is -0.366 e. The first-order valence-electron chi connectivity index (χ1n) is 9.32. The van der Waals surface area contributed by atoms with Gasteiger partial charge < -0.3 is 4.90 Å². The maximum atomic E-state index is 13.1. The summed E-state index contributed by atoms with van der Waals surface area (Å²) < 4.78 is 13.1. The molecule has 146 valence electrons. The smallest absolute Gasteiger partial charge is 0.329 e. The van der Waals surface area contributed by atoms with Crippen LogP contribution in [0.4, 0.5) is 26.5 Å². The standard InChI is InChI=1S/C21H17ClFN5O/c22-14-3-1-2-13(10-14)17-5-6-18-20(25-17)28(16-8-9-27(18)12-16)21(29)26-19-7-4-15(23)11-24-19/h1-7,10-11,16H,8-9,12H2,(H,24,26,29)/t16-/m1/s1. The first kappa shape index (κ1) is 17.9. The van der Waals surface area contributed by atoms with E-state index in [0.29, 0.717) is 16.7 Å². The van der Waals surface area contributed by atoms with Crippen molar-refractivity contribution < 1.29 is 9.18 Å². The third kappa shape index (κ3) is 3.27. The van der Waals surface area contributed by atoms with Crippen molar-refractivity contribution in [3.8, 4) is 11.3 Å². The molecule has 8 heteroatoms. The summed E-state index contributed by atoms with van der Waals surface area (Å²) in [6.45, 7) is 1.63. The lowest BCUT2D eigenvalue weighted by molar-refractivity contribution is 0.254. The van der Waals surface area contributed by atoms with Gasteiger partial charge in [0.1, 0.15) is 11.6 Å². The highest BCUT2D eigenvalue weighted by Crippen LogP contribution is 2.40. The molecular weight excluding hydrogens is 393 g/mol. The van der Waals surface area contributed by atoms with E-state index in [0.717, 1.165) is 42.7 Å². The van der Waals surface area contributed by atoms with E-state index >= 15 is 0 Å². The number of benzene rings is 1. The number of halogens is 2. The summed E-state index contributed by atoms with van der Waals surface area (Å²) in [5.74, 6) is 0.450. The van der Waals surface area contributed by atoms with Crippen molar-refractivity contribution in [2.75, 3.05) is 28.2 Å². The van der Waals surface area contributed by atoms with Crippen molar-refractivity contribution in [2.45, 2.75) is 12.5 Å². The van der Waals surface area contributed by atoms with Crippen LogP contribution in [-0.2, 0) is 0 Å². The monoisotopic (exact) mass is 409 g/mol.